The molecule has 0 fully saturated rings. The van der Waals surface area contributed by atoms with Crippen molar-refractivity contribution in [3.63, 3.8) is 0 Å². The van der Waals surface area contributed by atoms with Crippen molar-refractivity contribution in [2.75, 3.05) is 19.6 Å². The van der Waals surface area contributed by atoms with Gasteiger partial charge in [-0.1, -0.05) is 34.1 Å². The van der Waals surface area contributed by atoms with Crippen molar-refractivity contribution in [1.82, 2.24) is 4.90 Å². The highest BCUT2D eigenvalue weighted by Crippen LogP contribution is 2.03. The number of nitrogens with zero attached hydrogens (tertiary/aromatic N) is 1. The zero-order chi connectivity index (χ0) is 10.3. The number of rotatable bonds is 7. The summed E-state index contributed by atoms with van der Waals surface area (Å²) in [5.74, 6) is 0.689. The molecule has 0 aromatic heterocycles. The Bertz CT molecular complexity index is 115. The molecular weight excluding hydrogens is 162 g/mol. The van der Waals surface area contributed by atoms with Crippen molar-refractivity contribution in [3.8, 4) is 0 Å². The Kier molecular flexibility index (Phi) is 7.29. The molecule has 1 unspecified atom stereocenters. The summed E-state index contributed by atoms with van der Waals surface area (Å²) in [6.07, 6.45) is 1.86. The maximum absolute atomic E-state index is 9.62. The first kappa shape index (κ1) is 12.9. The van der Waals surface area contributed by atoms with Gasteiger partial charge in [0.2, 0.25) is 0 Å². The molecule has 0 spiro atoms. The van der Waals surface area contributed by atoms with Crippen LogP contribution in [0, 0.1) is 5.92 Å². The molecule has 0 rings (SSSR count). The molecule has 0 aliphatic carbocycles. The summed E-state index contributed by atoms with van der Waals surface area (Å²) in [5, 5.41) is 9.62. The molecule has 2 heteroatoms. The molecule has 13 heavy (non-hydrogen) atoms. The smallest absolute Gasteiger partial charge is 0.0667 e. The third-order valence-corrected chi connectivity index (χ3v) is 2.16. The fourth-order valence-corrected chi connectivity index (χ4v) is 1.57. The number of aliphatic hydroxyl groups is 1. The fraction of sp³-hybridized carbons (Fsp3) is 1.00. The number of aliphatic hydroxyl groups excluding tert-OH is 1. The zero-order valence-electron chi connectivity index (χ0n) is 9.58. The van der Waals surface area contributed by atoms with Crippen LogP contribution in [-0.2, 0) is 0 Å². The maximum atomic E-state index is 9.62. The topological polar surface area (TPSA) is 23.5 Å². The number of hydrogen-bond donors (Lipinski definition) is 1. The van der Waals surface area contributed by atoms with Crippen molar-refractivity contribution in [2.24, 2.45) is 5.92 Å². The van der Waals surface area contributed by atoms with Crippen LogP contribution in [-0.4, -0.2) is 35.7 Å². The van der Waals surface area contributed by atoms with Crippen LogP contribution in [0.25, 0.3) is 0 Å². The normalized spacial score (nSPS) is 14.1. The van der Waals surface area contributed by atoms with Crippen LogP contribution in [0.15, 0.2) is 0 Å². The van der Waals surface area contributed by atoms with Crippen molar-refractivity contribution < 1.29 is 5.11 Å². The van der Waals surface area contributed by atoms with Crippen molar-refractivity contribution in [2.45, 2.75) is 46.6 Å². The van der Waals surface area contributed by atoms with Gasteiger partial charge in [0.05, 0.1) is 6.10 Å². The van der Waals surface area contributed by atoms with E-state index in [9.17, 15) is 5.11 Å². The lowest BCUT2D eigenvalue weighted by molar-refractivity contribution is 0.101. The van der Waals surface area contributed by atoms with Gasteiger partial charge in [0.25, 0.3) is 0 Å². The van der Waals surface area contributed by atoms with Gasteiger partial charge in [0.15, 0.2) is 0 Å². The molecule has 1 N–H and O–H groups in total. The molecule has 0 saturated carbocycles. The van der Waals surface area contributed by atoms with Crippen molar-refractivity contribution in [1.29, 1.82) is 0 Å². The van der Waals surface area contributed by atoms with Crippen LogP contribution < -0.4 is 0 Å². The summed E-state index contributed by atoms with van der Waals surface area (Å²) >= 11 is 0. The van der Waals surface area contributed by atoms with Gasteiger partial charge < -0.3 is 10.0 Å². The summed E-state index contributed by atoms with van der Waals surface area (Å²) in [7, 11) is 0. The van der Waals surface area contributed by atoms with E-state index < -0.39 is 0 Å². The Morgan fingerprint density at radius 3 is 2.15 bits per heavy atom. The lowest BCUT2D eigenvalue weighted by Gasteiger charge is -2.25. The Balaban J connectivity index is 3.69. The fourth-order valence-electron chi connectivity index (χ4n) is 1.57. The van der Waals surface area contributed by atoms with Crippen LogP contribution in [0.3, 0.4) is 0 Å². The zero-order valence-corrected chi connectivity index (χ0v) is 9.58. The van der Waals surface area contributed by atoms with Crippen molar-refractivity contribution in [3.05, 3.63) is 0 Å². The van der Waals surface area contributed by atoms with E-state index in [2.05, 4.69) is 32.6 Å². The largest absolute Gasteiger partial charge is 0.392 e. The molecule has 0 heterocycles. The second-order valence-electron chi connectivity index (χ2n) is 4.19. The van der Waals surface area contributed by atoms with E-state index in [1.54, 1.807) is 0 Å². The van der Waals surface area contributed by atoms with Gasteiger partial charge in [-0.3, -0.25) is 0 Å². The maximum Gasteiger partial charge on any atom is 0.0667 e. The lowest BCUT2D eigenvalue weighted by Crippen LogP contribution is -2.34. The molecule has 0 amide bonds. The SMILES string of the molecule is CCCC(O)CN(CC)CC(C)C. The second-order valence-corrected chi connectivity index (χ2v) is 4.19. The second kappa shape index (κ2) is 7.34. The van der Waals surface area contributed by atoms with E-state index in [4.69, 9.17) is 0 Å². The highest BCUT2D eigenvalue weighted by atomic mass is 16.3. The minimum absolute atomic E-state index is 0.135. The average Bonchev–Trinajstić information content (AvgIpc) is 2.02. The summed E-state index contributed by atoms with van der Waals surface area (Å²) < 4.78 is 0. The Morgan fingerprint density at radius 2 is 1.77 bits per heavy atom. The van der Waals surface area contributed by atoms with E-state index in [1.165, 1.54) is 0 Å². The predicted octanol–water partition coefficient (Wildman–Crippen LogP) is 2.13. The molecule has 0 bridgehead atoms. The third kappa shape index (κ3) is 7.03. The van der Waals surface area contributed by atoms with Crippen LogP contribution in [0.1, 0.15) is 40.5 Å². The molecule has 0 saturated heterocycles. The van der Waals surface area contributed by atoms with Gasteiger partial charge in [-0.25, -0.2) is 0 Å². The molecule has 0 aromatic carbocycles. The minimum atomic E-state index is -0.135. The van der Waals surface area contributed by atoms with Gasteiger partial charge >= 0.3 is 0 Å². The van der Waals surface area contributed by atoms with E-state index in [-0.39, 0.29) is 6.10 Å². The van der Waals surface area contributed by atoms with E-state index >= 15 is 0 Å². The van der Waals surface area contributed by atoms with E-state index in [1.807, 2.05) is 0 Å². The van der Waals surface area contributed by atoms with E-state index in [0.717, 1.165) is 32.5 Å². The number of hydrogen-bond acceptors (Lipinski definition) is 2. The van der Waals surface area contributed by atoms with Gasteiger partial charge in [0, 0.05) is 13.1 Å². The highest BCUT2D eigenvalue weighted by Gasteiger charge is 2.10. The first-order valence-corrected chi connectivity index (χ1v) is 5.50. The molecule has 1 atom stereocenters. The summed E-state index contributed by atoms with van der Waals surface area (Å²) in [6.45, 7) is 11.7. The monoisotopic (exact) mass is 187 g/mol. The highest BCUT2D eigenvalue weighted by molar-refractivity contribution is 4.64. The van der Waals surface area contributed by atoms with Crippen molar-refractivity contribution >= 4 is 0 Å². The van der Waals surface area contributed by atoms with Gasteiger partial charge in [-0.05, 0) is 18.9 Å². The summed E-state index contributed by atoms with van der Waals surface area (Å²) in [5.41, 5.74) is 0. The van der Waals surface area contributed by atoms with Crippen LogP contribution in [0.4, 0.5) is 0 Å². The first-order valence-electron chi connectivity index (χ1n) is 5.50. The molecule has 0 radical (unpaired) electrons. The molecule has 0 aliphatic rings. The van der Waals surface area contributed by atoms with Gasteiger partial charge in [0.1, 0.15) is 0 Å². The third-order valence-electron chi connectivity index (χ3n) is 2.16. The van der Waals surface area contributed by atoms with E-state index in [0.29, 0.717) is 5.92 Å². The average molecular weight is 187 g/mol. The first-order chi connectivity index (χ1) is 6.10. The molecule has 0 aliphatic heterocycles. The quantitative estimate of drug-likeness (QED) is 0.660. The molecule has 2 nitrogen and oxygen atoms in total. The molecular formula is C11H25NO. The summed E-state index contributed by atoms with van der Waals surface area (Å²) in [4.78, 5) is 2.32. The Morgan fingerprint density at radius 1 is 1.15 bits per heavy atom. The minimum Gasteiger partial charge on any atom is -0.392 e. The predicted molar refractivity (Wildman–Crippen MR) is 57.9 cm³/mol. The van der Waals surface area contributed by atoms with Crippen LogP contribution in [0.5, 0.6) is 0 Å². The van der Waals surface area contributed by atoms with Gasteiger partial charge in [-0.2, -0.15) is 0 Å². The number of likely N-dealkylation sites (N-methyl/N-ethyl adjacent to an activating group) is 1. The molecule has 0 aromatic rings. The lowest BCUT2D eigenvalue weighted by atomic mass is 10.1. The van der Waals surface area contributed by atoms with Crippen LogP contribution >= 0.6 is 0 Å². The molecule has 80 valence electrons. The van der Waals surface area contributed by atoms with Gasteiger partial charge in [-0.15, -0.1) is 0 Å². The Hall–Kier alpha value is -0.0800. The van der Waals surface area contributed by atoms with Crippen LogP contribution in [0.2, 0.25) is 0 Å². The summed E-state index contributed by atoms with van der Waals surface area (Å²) in [6, 6.07) is 0. The standard InChI is InChI=1S/C11H25NO/c1-5-7-11(13)9-12(6-2)8-10(3)4/h10-11,13H,5-9H2,1-4H3. The Labute approximate surface area is 82.9 Å².